The summed E-state index contributed by atoms with van der Waals surface area (Å²) in [5, 5.41) is 3.06. The molecule has 2 aromatic rings. The van der Waals surface area contributed by atoms with Gasteiger partial charge in [0.2, 0.25) is 0 Å². The second-order valence-electron chi connectivity index (χ2n) is 4.88. The predicted octanol–water partition coefficient (Wildman–Crippen LogP) is 3.46. The normalized spacial score (nSPS) is 11.9. The first-order chi connectivity index (χ1) is 9.63. The fraction of sp³-hybridized carbons (Fsp3) is 0.235. The van der Waals surface area contributed by atoms with E-state index in [1.807, 2.05) is 49.4 Å². The first kappa shape index (κ1) is 14.1. The smallest absolute Gasteiger partial charge is 0.254 e. The first-order valence-electron chi connectivity index (χ1n) is 6.84. The molecule has 1 unspecified atom stereocenters. The Bertz CT molecular complexity index is 573. The summed E-state index contributed by atoms with van der Waals surface area (Å²) in [5.41, 5.74) is 9.01. The summed E-state index contributed by atoms with van der Waals surface area (Å²) in [5.74, 6) is -0.115. The molecule has 0 radical (unpaired) electrons. The zero-order valence-corrected chi connectivity index (χ0v) is 11.9. The molecule has 0 fully saturated rings. The van der Waals surface area contributed by atoms with Gasteiger partial charge in [0.25, 0.3) is 5.91 Å². The summed E-state index contributed by atoms with van der Waals surface area (Å²) < 4.78 is 0. The highest BCUT2D eigenvalue weighted by molar-refractivity contribution is 6.00. The minimum atomic E-state index is -0.115. The Morgan fingerprint density at radius 3 is 2.45 bits per heavy atom. The Hall–Kier alpha value is -2.29. The van der Waals surface area contributed by atoms with Gasteiger partial charge in [0.1, 0.15) is 0 Å². The zero-order valence-electron chi connectivity index (χ0n) is 11.9. The second-order valence-corrected chi connectivity index (χ2v) is 4.88. The molecule has 3 nitrogen and oxygen atoms in total. The van der Waals surface area contributed by atoms with E-state index in [9.17, 15) is 4.79 Å². The molecule has 0 saturated heterocycles. The lowest BCUT2D eigenvalue weighted by atomic mass is 10.0. The molecule has 1 amide bonds. The van der Waals surface area contributed by atoms with Crippen molar-refractivity contribution >= 4 is 11.6 Å². The highest BCUT2D eigenvalue weighted by atomic mass is 16.1. The number of hydrogen-bond donors (Lipinski definition) is 2. The molecule has 0 aliphatic heterocycles. The van der Waals surface area contributed by atoms with Crippen LogP contribution in [0.4, 0.5) is 5.69 Å². The molecule has 104 valence electrons. The van der Waals surface area contributed by atoms with Gasteiger partial charge in [-0.1, -0.05) is 49.4 Å². The summed E-state index contributed by atoms with van der Waals surface area (Å²) in [7, 11) is 0. The van der Waals surface area contributed by atoms with Crippen molar-refractivity contribution in [2.75, 3.05) is 5.73 Å². The van der Waals surface area contributed by atoms with Crippen LogP contribution in [0.3, 0.4) is 0 Å². The van der Waals surface area contributed by atoms with Gasteiger partial charge in [-0.05, 0) is 30.5 Å². The molecule has 0 aromatic heterocycles. The van der Waals surface area contributed by atoms with Crippen LogP contribution in [0, 0.1) is 6.92 Å². The Labute approximate surface area is 119 Å². The fourth-order valence-electron chi connectivity index (χ4n) is 2.34. The maximum Gasteiger partial charge on any atom is 0.254 e. The molecule has 0 bridgehead atoms. The van der Waals surface area contributed by atoms with E-state index >= 15 is 0 Å². The maximum absolute atomic E-state index is 12.4. The molecule has 2 rings (SSSR count). The number of rotatable bonds is 4. The van der Waals surface area contributed by atoms with E-state index in [-0.39, 0.29) is 11.9 Å². The van der Waals surface area contributed by atoms with Crippen molar-refractivity contribution in [1.29, 1.82) is 0 Å². The number of anilines is 1. The van der Waals surface area contributed by atoms with Crippen LogP contribution in [-0.2, 0) is 0 Å². The van der Waals surface area contributed by atoms with E-state index in [0.29, 0.717) is 11.3 Å². The summed E-state index contributed by atoms with van der Waals surface area (Å²) >= 11 is 0. The molecular weight excluding hydrogens is 248 g/mol. The largest absolute Gasteiger partial charge is 0.398 e. The van der Waals surface area contributed by atoms with Gasteiger partial charge in [0.05, 0.1) is 11.6 Å². The number of carbonyl (C=O) groups excluding carboxylic acids is 1. The van der Waals surface area contributed by atoms with Gasteiger partial charge in [-0.3, -0.25) is 4.79 Å². The van der Waals surface area contributed by atoms with E-state index in [1.165, 1.54) is 0 Å². The van der Waals surface area contributed by atoms with Gasteiger partial charge in [0.15, 0.2) is 0 Å². The second kappa shape index (κ2) is 6.24. The standard InChI is InChI=1S/C17H20N2O/c1-3-15(13-9-5-4-6-10-13)19-17(20)16-12(2)8-7-11-14(16)18/h4-11,15H,3,18H2,1-2H3,(H,19,20). The Morgan fingerprint density at radius 2 is 1.85 bits per heavy atom. The van der Waals surface area contributed by atoms with Crippen molar-refractivity contribution in [3.05, 3.63) is 65.2 Å². The van der Waals surface area contributed by atoms with Crippen molar-refractivity contribution in [1.82, 2.24) is 5.32 Å². The Kier molecular flexibility index (Phi) is 4.41. The van der Waals surface area contributed by atoms with Gasteiger partial charge in [-0.15, -0.1) is 0 Å². The van der Waals surface area contributed by atoms with Crippen LogP contribution >= 0.6 is 0 Å². The first-order valence-corrected chi connectivity index (χ1v) is 6.84. The third kappa shape index (κ3) is 2.99. The number of nitrogens with one attached hydrogen (secondary N) is 1. The van der Waals surface area contributed by atoms with Crippen molar-refractivity contribution in [2.24, 2.45) is 0 Å². The molecule has 2 aromatic carbocycles. The van der Waals surface area contributed by atoms with Gasteiger partial charge in [-0.2, -0.15) is 0 Å². The molecule has 0 aliphatic carbocycles. The van der Waals surface area contributed by atoms with Crippen LogP contribution in [0.5, 0.6) is 0 Å². The van der Waals surface area contributed by atoms with Crippen molar-refractivity contribution in [2.45, 2.75) is 26.3 Å². The van der Waals surface area contributed by atoms with Crippen LogP contribution in [0.15, 0.2) is 48.5 Å². The highest BCUT2D eigenvalue weighted by Crippen LogP contribution is 2.20. The maximum atomic E-state index is 12.4. The molecule has 0 saturated carbocycles. The number of nitrogens with two attached hydrogens (primary N) is 1. The summed E-state index contributed by atoms with van der Waals surface area (Å²) in [6.07, 6.45) is 0.835. The molecule has 0 spiro atoms. The van der Waals surface area contributed by atoms with Gasteiger partial charge in [0, 0.05) is 5.69 Å². The number of hydrogen-bond acceptors (Lipinski definition) is 2. The molecular formula is C17H20N2O. The summed E-state index contributed by atoms with van der Waals surface area (Å²) in [6.45, 7) is 3.95. The highest BCUT2D eigenvalue weighted by Gasteiger charge is 2.17. The van der Waals surface area contributed by atoms with Gasteiger partial charge < -0.3 is 11.1 Å². The monoisotopic (exact) mass is 268 g/mol. The van der Waals surface area contributed by atoms with Gasteiger partial charge >= 0.3 is 0 Å². The lowest BCUT2D eigenvalue weighted by Crippen LogP contribution is -2.29. The quantitative estimate of drug-likeness (QED) is 0.834. The molecule has 1 atom stereocenters. The van der Waals surface area contributed by atoms with E-state index in [4.69, 9.17) is 5.73 Å². The summed E-state index contributed by atoms with van der Waals surface area (Å²) in [4.78, 5) is 12.4. The lowest BCUT2D eigenvalue weighted by Gasteiger charge is -2.19. The average Bonchev–Trinajstić information content (AvgIpc) is 2.45. The predicted molar refractivity (Wildman–Crippen MR) is 82.5 cm³/mol. The third-order valence-corrected chi connectivity index (χ3v) is 3.45. The van der Waals surface area contributed by atoms with Crippen molar-refractivity contribution in [3.8, 4) is 0 Å². The van der Waals surface area contributed by atoms with E-state index in [0.717, 1.165) is 17.5 Å². The third-order valence-electron chi connectivity index (χ3n) is 3.45. The molecule has 0 aliphatic rings. The van der Waals surface area contributed by atoms with E-state index < -0.39 is 0 Å². The minimum Gasteiger partial charge on any atom is -0.398 e. The average molecular weight is 268 g/mol. The zero-order chi connectivity index (χ0) is 14.5. The Balaban J connectivity index is 2.22. The van der Waals surface area contributed by atoms with Crippen LogP contribution in [0.2, 0.25) is 0 Å². The van der Waals surface area contributed by atoms with Crippen LogP contribution in [0.1, 0.15) is 40.9 Å². The van der Waals surface area contributed by atoms with Crippen molar-refractivity contribution in [3.63, 3.8) is 0 Å². The van der Waals surface area contributed by atoms with Gasteiger partial charge in [-0.25, -0.2) is 0 Å². The number of amides is 1. The number of nitrogen functional groups attached to an aromatic ring is 1. The summed E-state index contributed by atoms with van der Waals surface area (Å²) in [6, 6.07) is 15.5. The van der Waals surface area contributed by atoms with Crippen LogP contribution < -0.4 is 11.1 Å². The van der Waals surface area contributed by atoms with Crippen LogP contribution in [-0.4, -0.2) is 5.91 Å². The van der Waals surface area contributed by atoms with E-state index in [2.05, 4.69) is 12.2 Å². The number of carbonyl (C=O) groups is 1. The number of aryl methyl sites for hydroxylation is 1. The molecule has 0 heterocycles. The van der Waals surface area contributed by atoms with E-state index in [1.54, 1.807) is 6.07 Å². The fourth-order valence-corrected chi connectivity index (χ4v) is 2.34. The number of benzene rings is 2. The van der Waals surface area contributed by atoms with Crippen LogP contribution in [0.25, 0.3) is 0 Å². The molecule has 20 heavy (non-hydrogen) atoms. The lowest BCUT2D eigenvalue weighted by molar-refractivity contribution is 0.0936. The Morgan fingerprint density at radius 1 is 1.15 bits per heavy atom. The topological polar surface area (TPSA) is 55.1 Å². The SMILES string of the molecule is CCC(NC(=O)c1c(C)cccc1N)c1ccccc1. The minimum absolute atomic E-state index is 0.00251. The molecule has 3 N–H and O–H groups in total. The molecule has 3 heteroatoms. The van der Waals surface area contributed by atoms with Crippen molar-refractivity contribution < 1.29 is 4.79 Å².